The van der Waals surface area contributed by atoms with Gasteiger partial charge in [0.2, 0.25) is 5.91 Å². The van der Waals surface area contributed by atoms with E-state index in [4.69, 9.17) is 5.11 Å². The Balaban J connectivity index is 2.25. The number of carbonyl (C=O) groups is 1. The van der Waals surface area contributed by atoms with Crippen molar-refractivity contribution < 1.29 is 14.1 Å². The van der Waals surface area contributed by atoms with E-state index >= 15 is 0 Å². The Morgan fingerprint density at radius 3 is 2.65 bits per heavy atom. The van der Waals surface area contributed by atoms with Crippen LogP contribution in [0.2, 0.25) is 0 Å². The molecule has 1 saturated carbocycles. The largest absolute Gasteiger partial charge is 0.395 e. The molecule has 0 heterocycles. The molecule has 2 unspecified atom stereocenters. The fourth-order valence-corrected chi connectivity index (χ4v) is 3.02. The van der Waals surface area contributed by atoms with E-state index in [1.165, 1.54) is 32.1 Å². The fourth-order valence-electron chi connectivity index (χ4n) is 2.17. The van der Waals surface area contributed by atoms with E-state index in [0.29, 0.717) is 12.5 Å². The van der Waals surface area contributed by atoms with Gasteiger partial charge in [0.15, 0.2) is 0 Å². The minimum absolute atomic E-state index is 0.132. The molecule has 5 heteroatoms. The molecular weight excluding hydrogens is 238 g/mol. The van der Waals surface area contributed by atoms with Crippen molar-refractivity contribution >= 4 is 16.7 Å². The molecule has 1 amide bonds. The van der Waals surface area contributed by atoms with Crippen molar-refractivity contribution in [1.82, 2.24) is 5.32 Å². The molecule has 1 rings (SSSR count). The summed E-state index contributed by atoms with van der Waals surface area (Å²) in [4.78, 5) is 11.7. The highest BCUT2D eigenvalue weighted by Crippen LogP contribution is 2.22. The van der Waals surface area contributed by atoms with Gasteiger partial charge in [-0.3, -0.25) is 9.00 Å². The van der Waals surface area contributed by atoms with Gasteiger partial charge in [-0.05, 0) is 25.7 Å². The highest BCUT2D eigenvalue weighted by molar-refractivity contribution is 7.86. The summed E-state index contributed by atoms with van der Waals surface area (Å²) >= 11 is 0. The van der Waals surface area contributed by atoms with E-state index < -0.39 is 16.0 Å². The molecule has 0 aliphatic heterocycles. The lowest BCUT2D eigenvalue weighted by molar-refractivity contribution is -0.120. The van der Waals surface area contributed by atoms with Gasteiger partial charge >= 0.3 is 0 Å². The van der Waals surface area contributed by atoms with E-state index in [1.54, 1.807) is 6.92 Å². The van der Waals surface area contributed by atoms with Crippen LogP contribution in [0.1, 0.15) is 39.0 Å². The Morgan fingerprint density at radius 1 is 1.41 bits per heavy atom. The van der Waals surface area contributed by atoms with Crippen molar-refractivity contribution in [2.45, 2.75) is 44.3 Å². The van der Waals surface area contributed by atoms with Gasteiger partial charge in [0.1, 0.15) is 5.25 Å². The number of nitrogens with one attached hydrogen (secondary N) is 1. The molecule has 17 heavy (non-hydrogen) atoms. The average molecular weight is 261 g/mol. The number of aliphatic hydroxyl groups excluding tert-OH is 1. The predicted octanol–water partition coefficient (Wildman–Crippen LogP) is 0.812. The van der Waals surface area contributed by atoms with E-state index in [0.717, 1.165) is 0 Å². The SMILES string of the molecule is CC(C(=O)NCC1CCCCC1)S(=O)CCO. The Kier molecular flexibility index (Phi) is 6.73. The smallest absolute Gasteiger partial charge is 0.235 e. The van der Waals surface area contributed by atoms with Crippen LogP contribution in [0.15, 0.2) is 0 Å². The van der Waals surface area contributed by atoms with E-state index in [-0.39, 0.29) is 18.3 Å². The molecule has 2 N–H and O–H groups in total. The Labute approximate surface area is 106 Å². The molecule has 0 radical (unpaired) electrons. The van der Waals surface area contributed by atoms with E-state index in [1.807, 2.05) is 0 Å². The zero-order valence-corrected chi connectivity index (χ0v) is 11.3. The summed E-state index contributed by atoms with van der Waals surface area (Å²) in [6.45, 7) is 2.23. The predicted molar refractivity (Wildman–Crippen MR) is 69.1 cm³/mol. The van der Waals surface area contributed by atoms with Crippen LogP contribution in [0.5, 0.6) is 0 Å². The lowest BCUT2D eigenvalue weighted by atomic mass is 9.89. The topological polar surface area (TPSA) is 66.4 Å². The highest BCUT2D eigenvalue weighted by atomic mass is 32.2. The molecule has 0 aromatic rings. The summed E-state index contributed by atoms with van der Waals surface area (Å²) < 4.78 is 11.5. The minimum Gasteiger partial charge on any atom is -0.395 e. The van der Waals surface area contributed by atoms with Crippen molar-refractivity contribution in [1.29, 1.82) is 0 Å². The summed E-state index contributed by atoms with van der Waals surface area (Å²) in [5.74, 6) is 0.617. The maximum atomic E-state index is 11.7. The molecule has 1 aliphatic rings. The maximum absolute atomic E-state index is 11.7. The zero-order chi connectivity index (χ0) is 12.7. The summed E-state index contributed by atoms with van der Waals surface area (Å²) in [6.07, 6.45) is 6.20. The first-order valence-corrected chi connectivity index (χ1v) is 7.79. The number of hydrogen-bond acceptors (Lipinski definition) is 3. The molecule has 100 valence electrons. The molecular formula is C12H23NO3S. The van der Waals surface area contributed by atoms with Gasteiger partial charge in [-0.15, -0.1) is 0 Å². The third-order valence-electron chi connectivity index (χ3n) is 3.35. The zero-order valence-electron chi connectivity index (χ0n) is 10.5. The van der Waals surface area contributed by atoms with Crippen LogP contribution >= 0.6 is 0 Å². The number of carbonyl (C=O) groups excluding carboxylic acids is 1. The lowest BCUT2D eigenvalue weighted by Gasteiger charge is -2.22. The second-order valence-electron chi connectivity index (χ2n) is 4.70. The molecule has 1 fully saturated rings. The van der Waals surface area contributed by atoms with E-state index in [9.17, 15) is 9.00 Å². The highest BCUT2D eigenvalue weighted by Gasteiger charge is 2.21. The van der Waals surface area contributed by atoms with Crippen molar-refractivity contribution in [2.24, 2.45) is 5.92 Å². The quantitative estimate of drug-likeness (QED) is 0.743. The van der Waals surface area contributed by atoms with Crippen molar-refractivity contribution in [3.8, 4) is 0 Å². The summed E-state index contributed by atoms with van der Waals surface area (Å²) in [5, 5.41) is 11.0. The van der Waals surface area contributed by atoms with Gasteiger partial charge in [-0.1, -0.05) is 19.3 Å². The maximum Gasteiger partial charge on any atom is 0.235 e. The third kappa shape index (κ3) is 5.17. The lowest BCUT2D eigenvalue weighted by Crippen LogP contribution is -2.39. The van der Waals surface area contributed by atoms with E-state index in [2.05, 4.69) is 5.32 Å². The minimum atomic E-state index is -1.26. The first-order valence-electron chi connectivity index (χ1n) is 6.41. The second-order valence-corrected chi connectivity index (χ2v) is 6.58. The third-order valence-corrected chi connectivity index (χ3v) is 4.93. The van der Waals surface area contributed by atoms with Gasteiger partial charge in [-0.25, -0.2) is 0 Å². The first-order chi connectivity index (χ1) is 8.15. The number of hydrogen-bond donors (Lipinski definition) is 2. The Hall–Kier alpha value is -0.420. The average Bonchev–Trinajstić information content (AvgIpc) is 2.36. The molecule has 4 nitrogen and oxygen atoms in total. The van der Waals surface area contributed by atoms with Gasteiger partial charge < -0.3 is 10.4 Å². The van der Waals surface area contributed by atoms with Gasteiger partial charge in [0.25, 0.3) is 0 Å². The van der Waals surface area contributed by atoms with Gasteiger partial charge in [0.05, 0.1) is 6.61 Å². The van der Waals surface area contributed by atoms with Crippen LogP contribution in [0.25, 0.3) is 0 Å². The van der Waals surface area contributed by atoms with Gasteiger partial charge in [0, 0.05) is 23.1 Å². The molecule has 0 saturated heterocycles. The monoisotopic (exact) mass is 261 g/mol. The van der Waals surface area contributed by atoms with Crippen LogP contribution in [-0.2, 0) is 15.6 Å². The van der Waals surface area contributed by atoms with Crippen LogP contribution in [0.3, 0.4) is 0 Å². The van der Waals surface area contributed by atoms with Crippen LogP contribution < -0.4 is 5.32 Å². The molecule has 0 spiro atoms. The standard InChI is InChI=1S/C12H23NO3S/c1-10(17(16)8-7-14)12(15)13-9-11-5-3-2-4-6-11/h10-11,14H,2-9H2,1H3,(H,13,15). The second kappa shape index (κ2) is 7.82. The van der Waals surface area contributed by atoms with Gasteiger partial charge in [-0.2, -0.15) is 0 Å². The molecule has 0 aromatic heterocycles. The summed E-state index contributed by atoms with van der Waals surface area (Å²) in [6, 6.07) is 0. The first kappa shape index (κ1) is 14.6. The molecule has 1 aliphatic carbocycles. The Morgan fingerprint density at radius 2 is 2.06 bits per heavy atom. The van der Waals surface area contributed by atoms with Crippen molar-refractivity contribution in [2.75, 3.05) is 18.9 Å². The van der Waals surface area contributed by atoms with Crippen LogP contribution in [0, 0.1) is 5.92 Å². The van der Waals surface area contributed by atoms with Crippen molar-refractivity contribution in [3.05, 3.63) is 0 Å². The molecule has 0 aromatic carbocycles. The van der Waals surface area contributed by atoms with Crippen LogP contribution in [0.4, 0.5) is 0 Å². The van der Waals surface area contributed by atoms with Crippen molar-refractivity contribution in [3.63, 3.8) is 0 Å². The fraction of sp³-hybridized carbons (Fsp3) is 0.917. The number of amides is 1. The Bertz CT molecular complexity index is 264. The number of rotatable bonds is 6. The summed E-state index contributed by atoms with van der Waals surface area (Å²) in [7, 11) is -1.26. The molecule has 0 bridgehead atoms. The molecule has 2 atom stereocenters. The summed E-state index contributed by atoms with van der Waals surface area (Å²) in [5.41, 5.74) is 0. The number of aliphatic hydroxyl groups is 1. The normalized spacial score (nSPS) is 20.8. The van der Waals surface area contributed by atoms with Crippen LogP contribution in [-0.4, -0.2) is 39.4 Å².